The number of carbonyl (C=O) groups is 1. The van der Waals surface area contributed by atoms with E-state index in [9.17, 15) is 9.18 Å². The normalized spacial score (nSPS) is 18.8. The number of hydrogen-bond donors (Lipinski definition) is 2. The molecule has 1 aromatic rings. The number of ether oxygens (including phenoxy) is 1. The van der Waals surface area contributed by atoms with Gasteiger partial charge in [0.25, 0.3) is 0 Å². The molecule has 2 rings (SSSR count). The molecule has 0 saturated carbocycles. The number of carbonyl (C=O) groups excluding carboxylic acids is 1. The van der Waals surface area contributed by atoms with Crippen molar-refractivity contribution in [2.45, 2.75) is 31.7 Å². The fourth-order valence-corrected chi connectivity index (χ4v) is 2.29. The number of hydrogen-bond acceptors (Lipinski definition) is 3. The van der Waals surface area contributed by atoms with E-state index in [-0.39, 0.29) is 18.3 Å². The van der Waals surface area contributed by atoms with Gasteiger partial charge in [0.05, 0.1) is 0 Å². The highest BCUT2D eigenvalue weighted by atomic mass is 19.1. The first-order valence-corrected chi connectivity index (χ1v) is 7.10. The zero-order valence-corrected chi connectivity index (χ0v) is 11.5. The molecule has 0 bridgehead atoms. The second-order valence-corrected chi connectivity index (χ2v) is 5.04. The average molecular weight is 280 g/mol. The minimum atomic E-state index is -0.320. The lowest BCUT2D eigenvalue weighted by atomic mass is 10.0. The molecule has 0 aromatic heterocycles. The lowest BCUT2D eigenvalue weighted by Gasteiger charge is -2.23. The topological polar surface area (TPSA) is 50.4 Å². The maximum absolute atomic E-state index is 12.7. The Hall–Kier alpha value is -1.46. The highest BCUT2D eigenvalue weighted by Gasteiger charge is 2.12. The maximum Gasteiger partial charge on any atom is 0.250 e. The molecule has 1 aliphatic rings. The Kier molecular flexibility index (Phi) is 5.95. The molecular formula is C15H21FN2O2. The second-order valence-electron chi connectivity index (χ2n) is 5.04. The van der Waals surface area contributed by atoms with Crippen molar-refractivity contribution >= 4 is 11.6 Å². The zero-order chi connectivity index (χ0) is 14.2. The Bertz CT molecular complexity index is 416. The third-order valence-corrected chi connectivity index (χ3v) is 3.38. The SMILES string of the molecule is O=C(COCCC1CCCCN1)Nc1ccc(F)cc1. The van der Waals surface area contributed by atoms with E-state index in [0.717, 1.165) is 13.0 Å². The van der Waals surface area contributed by atoms with Crippen molar-refractivity contribution in [2.75, 3.05) is 25.1 Å². The van der Waals surface area contributed by atoms with E-state index in [2.05, 4.69) is 10.6 Å². The summed E-state index contributed by atoms with van der Waals surface area (Å²) in [4.78, 5) is 11.6. The number of halogens is 1. The van der Waals surface area contributed by atoms with Crippen LogP contribution in [0.15, 0.2) is 24.3 Å². The standard InChI is InChI=1S/C15H21FN2O2/c16-12-4-6-14(7-5-12)18-15(19)11-20-10-8-13-3-1-2-9-17-13/h4-7,13,17H,1-3,8-11H2,(H,18,19). The van der Waals surface area contributed by atoms with E-state index in [0.29, 0.717) is 18.3 Å². The van der Waals surface area contributed by atoms with Gasteiger partial charge >= 0.3 is 0 Å². The first-order valence-electron chi connectivity index (χ1n) is 7.10. The molecule has 20 heavy (non-hydrogen) atoms. The molecule has 1 fully saturated rings. The molecule has 1 aromatic carbocycles. The fraction of sp³-hybridized carbons (Fsp3) is 0.533. The molecule has 5 heteroatoms. The number of benzene rings is 1. The van der Waals surface area contributed by atoms with Gasteiger partial charge in [-0.15, -0.1) is 0 Å². The Balaban J connectivity index is 1.59. The first kappa shape index (κ1) is 14.9. The summed E-state index contributed by atoms with van der Waals surface area (Å²) >= 11 is 0. The van der Waals surface area contributed by atoms with Crippen LogP contribution in [0.1, 0.15) is 25.7 Å². The summed E-state index contributed by atoms with van der Waals surface area (Å²) in [5, 5.41) is 6.10. The number of rotatable bonds is 6. The molecule has 110 valence electrons. The molecule has 1 unspecified atom stereocenters. The van der Waals surface area contributed by atoms with E-state index in [1.165, 1.54) is 43.5 Å². The Labute approximate surface area is 118 Å². The molecule has 1 heterocycles. The van der Waals surface area contributed by atoms with E-state index < -0.39 is 0 Å². The van der Waals surface area contributed by atoms with E-state index in [1.807, 2.05) is 0 Å². The zero-order valence-electron chi connectivity index (χ0n) is 11.5. The molecular weight excluding hydrogens is 259 g/mol. The van der Waals surface area contributed by atoms with Crippen molar-refractivity contribution in [3.05, 3.63) is 30.1 Å². The fourth-order valence-electron chi connectivity index (χ4n) is 2.29. The number of anilines is 1. The van der Waals surface area contributed by atoms with Gasteiger partial charge < -0.3 is 15.4 Å². The van der Waals surface area contributed by atoms with Crippen molar-refractivity contribution in [1.82, 2.24) is 5.32 Å². The summed E-state index contributed by atoms with van der Waals surface area (Å²) < 4.78 is 18.1. The molecule has 2 N–H and O–H groups in total. The Morgan fingerprint density at radius 1 is 1.35 bits per heavy atom. The van der Waals surface area contributed by atoms with Gasteiger partial charge in [-0.25, -0.2) is 4.39 Å². The van der Waals surface area contributed by atoms with Crippen LogP contribution in [0.4, 0.5) is 10.1 Å². The van der Waals surface area contributed by atoms with Crippen molar-refractivity contribution in [3.8, 4) is 0 Å². The molecule has 0 aliphatic carbocycles. The van der Waals surface area contributed by atoms with Gasteiger partial charge in [0.15, 0.2) is 0 Å². The van der Waals surface area contributed by atoms with Crippen molar-refractivity contribution in [3.63, 3.8) is 0 Å². The summed E-state index contributed by atoms with van der Waals surface area (Å²) in [7, 11) is 0. The summed E-state index contributed by atoms with van der Waals surface area (Å²) in [6, 6.07) is 6.19. The van der Waals surface area contributed by atoms with Gasteiger partial charge in [-0.2, -0.15) is 0 Å². The van der Waals surface area contributed by atoms with Crippen LogP contribution in [-0.2, 0) is 9.53 Å². The number of nitrogens with one attached hydrogen (secondary N) is 2. The average Bonchev–Trinajstić information content (AvgIpc) is 2.47. The maximum atomic E-state index is 12.7. The van der Waals surface area contributed by atoms with Crippen LogP contribution in [0.2, 0.25) is 0 Å². The summed E-state index contributed by atoms with van der Waals surface area (Å²) in [5.74, 6) is -0.535. The van der Waals surface area contributed by atoms with E-state index in [1.54, 1.807) is 0 Å². The minimum Gasteiger partial charge on any atom is -0.372 e. The molecule has 0 radical (unpaired) electrons. The smallest absolute Gasteiger partial charge is 0.250 e. The van der Waals surface area contributed by atoms with Crippen LogP contribution in [0.5, 0.6) is 0 Å². The van der Waals surface area contributed by atoms with E-state index >= 15 is 0 Å². The van der Waals surface area contributed by atoms with Crippen molar-refractivity contribution in [2.24, 2.45) is 0 Å². The largest absolute Gasteiger partial charge is 0.372 e. The van der Waals surface area contributed by atoms with Gasteiger partial charge in [-0.05, 0) is 50.1 Å². The summed E-state index contributed by atoms with van der Waals surface area (Å²) in [5.41, 5.74) is 0.578. The third-order valence-electron chi connectivity index (χ3n) is 3.38. The monoisotopic (exact) mass is 280 g/mol. The quantitative estimate of drug-likeness (QED) is 0.786. The summed E-state index contributed by atoms with van der Waals surface area (Å²) in [6.45, 7) is 1.69. The molecule has 1 amide bonds. The van der Waals surface area contributed by atoms with E-state index in [4.69, 9.17) is 4.74 Å². The predicted octanol–water partition coefficient (Wildman–Crippen LogP) is 2.31. The lowest BCUT2D eigenvalue weighted by molar-refractivity contribution is -0.120. The second kappa shape index (κ2) is 7.97. The van der Waals surface area contributed by atoms with Gasteiger partial charge in [-0.1, -0.05) is 6.42 Å². The van der Waals surface area contributed by atoms with Gasteiger partial charge in [0, 0.05) is 18.3 Å². The highest BCUT2D eigenvalue weighted by Crippen LogP contribution is 2.10. The molecule has 1 aliphatic heterocycles. The minimum absolute atomic E-state index is 0.0318. The van der Waals surface area contributed by atoms with Gasteiger partial charge in [0.1, 0.15) is 12.4 Å². The van der Waals surface area contributed by atoms with Gasteiger partial charge in [-0.3, -0.25) is 4.79 Å². The van der Waals surface area contributed by atoms with Crippen LogP contribution < -0.4 is 10.6 Å². The third kappa shape index (κ3) is 5.27. The van der Waals surface area contributed by atoms with Crippen LogP contribution in [-0.4, -0.2) is 31.7 Å². The lowest BCUT2D eigenvalue weighted by Crippen LogP contribution is -2.35. The van der Waals surface area contributed by atoms with Crippen LogP contribution in [0.3, 0.4) is 0 Å². The Morgan fingerprint density at radius 2 is 2.15 bits per heavy atom. The number of amides is 1. The first-order chi connectivity index (χ1) is 9.74. The van der Waals surface area contributed by atoms with Crippen LogP contribution in [0.25, 0.3) is 0 Å². The molecule has 0 spiro atoms. The van der Waals surface area contributed by atoms with Crippen molar-refractivity contribution < 1.29 is 13.9 Å². The Morgan fingerprint density at radius 3 is 2.85 bits per heavy atom. The molecule has 1 saturated heterocycles. The highest BCUT2D eigenvalue weighted by molar-refractivity contribution is 5.91. The summed E-state index contributed by atoms with van der Waals surface area (Å²) in [6.07, 6.45) is 4.63. The van der Waals surface area contributed by atoms with Crippen molar-refractivity contribution in [1.29, 1.82) is 0 Å². The van der Waals surface area contributed by atoms with Crippen LogP contribution in [0, 0.1) is 5.82 Å². The van der Waals surface area contributed by atoms with Gasteiger partial charge in [0.2, 0.25) is 5.91 Å². The molecule has 4 nitrogen and oxygen atoms in total. The van der Waals surface area contributed by atoms with Crippen LogP contribution >= 0.6 is 0 Å². The predicted molar refractivity (Wildman–Crippen MR) is 76.1 cm³/mol. The molecule has 1 atom stereocenters. The number of piperidine rings is 1.